The topological polar surface area (TPSA) is 59.0 Å². The average Bonchev–Trinajstić information content (AvgIpc) is 2.50. The molecule has 2 amide bonds. The number of urea groups is 1. The van der Waals surface area contributed by atoms with E-state index in [4.69, 9.17) is 0 Å². The van der Waals surface area contributed by atoms with Crippen LogP contribution < -0.4 is 10.6 Å². The molecular weight excluding hydrogens is 180 g/mol. The first-order valence-corrected chi connectivity index (χ1v) is 4.71. The van der Waals surface area contributed by atoms with Crippen LogP contribution in [0.4, 0.5) is 10.5 Å². The highest BCUT2D eigenvalue weighted by atomic mass is 16.2. The van der Waals surface area contributed by atoms with Crippen LogP contribution in [-0.4, -0.2) is 21.9 Å². The van der Waals surface area contributed by atoms with Crippen molar-refractivity contribution < 1.29 is 4.79 Å². The second-order valence-corrected chi connectivity index (χ2v) is 3.34. The Morgan fingerprint density at radius 1 is 1.64 bits per heavy atom. The zero-order chi connectivity index (χ0) is 10.6. The molecule has 0 bridgehead atoms. The highest BCUT2D eigenvalue weighted by Crippen LogP contribution is 2.03. The van der Waals surface area contributed by atoms with Gasteiger partial charge in [-0.3, -0.25) is 4.68 Å². The van der Waals surface area contributed by atoms with E-state index in [1.54, 1.807) is 17.1 Å². The molecule has 14 heavy (non-hydrogen) atoms. The van der Waals surface area contributed by atoms with Gasteiger partial charge in [0.1, 0.15) is 0 Å². The number of amides is 2. The smallest absolute Gasteiger partial charge is 0.319 e. The number of hydrogen-bond acceptors (Lipinski definition) is 2. The van der Waals surface area contributed by atoms with Crippen LogP contribution >= 0.6 is 0 Å². The van der Waals surface area contributed by atoms with Gasteiger partial charge in [0.2, 0.25) is 0 Å². The van der Waals surface area contributed by atoms with Crippen molar-refractivity contribution in [1.82, 2.24) is 15.1 Å². The van der Waals surface area contributed by atoms with Crippen LogP contribution in [0, 0.1) is 0 Å². The number of nitrogens with zero attached hydrogens (tertiary/aromatic N) is 2. The number of anilines is 1. The van der Waals surface area contributed by atoms with E-state index in [1.165, 1.54) is 0 Å². The second-order valence-electron chi connectivity index (χ2n) is 3.34. The molecule has 78 valence electrons. The Bertz CT molecular complexity index is 306. The predicted octanol–water partition coefficient (Wildman–Crippen LogP) is 1.43. The summed E-state index contributed by atoms with van der Waals surface area (Å²) in [5.41, 5.74) is 0.713. The fourth-order valence-electron chi connectivity index (χ4n) is 1.03. The third-order valence-electron chi connectivity index (χ3n) is 1.63. The molecule has 1 aromatic heterocycles. The van der Waals surface area contributed by atoms with Gasteiger partial charge in [0, 0.05) is 18.8 Å². The number of nitrogens with one attached hydrogen (secondary N) is 2. The van der Waals surface area contributed by atoms with Crippen molar-refractivity contribution in [1.29, 1.82) is 0 Å². The van der Waals surface area contributed by atoms with Gasteiger partial charge < -0.3 is 10.6 Å². The summed E-state index contributed by atoms with van der Waals surface area (Å²) in [6.45, 7) is 6.61. The maximum Gasteiger partial charge on any atom is 0.319 e. The molecule has 0 aliphatic rings. The highest BCUT2D eigenvalue weighted by Gasteiger charge is 2.04. The van der Waals surface area contributed by atoms with Gasteiger partial charge in [-0.25, -0.2) is 4.79 Å². The van der Waals surface area contributed by atoms with Gasteiger partial charge in [0.25, 0.3) is 0 Å². The van der Waals surface area contributed by atoms with Crippen molar-refractivity contribution in [3.63, 3.8) is 0 Å². The minimum absolute atomic E-state index is 0.135. The van der Waals surface area contributed by atoms with Gasteiger partial charge in [-0.1, -0.05) is 0 Å². The van der Waals surface area contributed by atoms with E-state index in [2.05, 4.69) is 15.7 Å². The number of rotatable bonds is 3. The molecule has 1 aromatic rings. The third kappa shape index (κ3) is 3.08. The minimum atomic E-state index is -0.198. The molecule has 0 unspecified atom stereocenters. The Hall–Kier alpha value is -1.52. The van der Waals surface area contributed by atoms with Crippen LogP contribution in [0.1, 0.15) is 20.8 Å². The summed E-state index contributed by atoms with van der Waals surface area (Å²) in [5, 5.41) is 9.47. The fraction of sp³-hybridized carbons (Fsp3) is 0.556. The Labute approximate surface area is 83.5 Å². The quantitative estimate of drug-likeness (QED) is 0.768. The highest BCUT2D eigenvalue weighted by molar-refractivity contribution is 5.89. The Morgan fingerprint density at radius 3 is 2.86 bits per heavy atom. The zero-order valence-electron chi connectivity index (χ0n) is 8.74. The first-order chi connectivity index (χ1) is 6.61. The van der Waals surface area contributed by atoms with Crippen LogP contribution in [0.15, 0.2) is 12.4 Å². The van der Waals surface area contributed by atoms with Gasteiger partial charge in [0.05, 0.1) is 11.9 Å². The average molecular weight is 196 g/mol. The summed E-state index contributed by atoms with van der Waals surface area (Å²) in [7, 11) is 0. The van der Waals surface area contributed by atoms with Gasteiger partial charge in [-0.05, 0) is 20.8 Å². The predicted molar refractivity (Wildman–Crippen MR) is 55.2 cm³/mol. The molecule has 0 aliphatic heterocycles. The maximum absolute atomic E-state index is 11.3. The third-order valence-corrected chi connectivity index (χ3v) is 1.63. The second kappa shape index (κ2) is 4.64. The number of carbonyl (C=O) groups excluding carboxylic acids is 1. The standard InChI is InChI=1S/C9H16N4O/c1-4-13-6-8(5-10-13)12-9(14)11-7(2)3/h5-7H,4H2,1-3H3,(H2,11,12,14). The summed E-state index contributed by atoms with van der Waals surface area (Å²) in [5.74, 6) is 0. The lowest BCUT2D eigenvalue weighted by molar-refractivity contribution is 0.250. The van der Waals surface area contributed by atoms with Crippen molar-refractivity contribution >= 4 is 11.7 Å². The monoisotopic (exact) mass is 196 g/mol. The molecule has 0 spiro atoms. The van der Waals surface area contributed by atoms with Crippen molar-refractivity contribution in [2.45, 2.75) is 33.4 Å². The molecule has 1 heterocycles. The lowest BCUT2D eigenvalue weighted by atomic mass is 10.4. The lowest BCUT2D eigenvalue weighted by Crippen LogP contribution is -2.34. The summed E-state index contributed by atoms with van der Waals surface area (Å²) >= 11 is 0. The van der Waals surface area contributed by atoms with Crippen LogP contribution in [0.3, 0.4) is 0 Å². The van der Waals surface area contributed by atoms with E-state index >= 15 is 0 Å². The molecular formula is C9H16N4O. The van der Waals surface area contributed by atoms with E-state index in [9.17, 15) is 4.79 Å². The summed E-state index contributed by atoms with van der Waals surface area (Å²) in [6, 6.07) is -0.0631. The van der Waals surface area contributed by atoms with Crippen LogP contribution in [0.2, 0.25) is 0 Å². The molecule has 0 saturated carbocycles. The van der Waals surface area contributed by atoms with Crippen molar-refractivity contribution in [2.24, 2.45) is 0 Å². The van der Waals surface area contributed by atoms with E-state index in [0.29, 0.717) is 5.69 Å². The first kappa shape index (κ1) is 10.6. The molecule has 5 heteroatoms. The molecule has 5 nitrogen and oxygen atoms in total. The Kier molecular flexibility index (Phi) is 3.50. The first-order valence-electron chi connectivity index (χ1n) is 4.71. The molecule has 0 saturated heterocycles. The Balaban J connectivity index is 2.47. The van der Waals surface area contributed by atoms with Crippen molar-refractivity contribution in [3.05, 3.63) is 12.4 Å². The van der Waals surface area contributed by atoms with Gasteiger partial charge >= 0.3 is 6.03 Å². The van der Waals surface area contributed by atoms with E-state index in [1.807, 2.05) is 20.8 Å². The lowest BCUT2D eigenvalue weighted by Gasteiger charge is -2.07. The van der Waals surface area contributed by atoms with Crippen LogP contribution in [0.25, 0.3) is 0 Å². The van der Waals surface area contributed by atoms with E-state index in [-0.39, 0.29) is 12.1 Å². The normalized spacial score (nSPS) is 10.3. The summed E-state index contributed by atoms with van der Waals surface area (Å²) < 4.78 is 1.75. The molecule has 1 rings (SSSR count). The molecule has 2 N–H and O–H groups in total. The fourth-order valence-corrected chi connectivity index (χ4v) is 1.03. The largest absolute Gasteiger partial charge is 0.336 e. The number of aryl methyl sites for hydroxylation is 1. The zero-order valence-corrected chi connectivity index (χ0v) is 8.74. The number of hydrogen-bond donors (Lipinski definition) is 2. The molecule has 0 aliphatic carbocycles. The van der Waals surface area contributed by atoms with Crippen molar-refractivity contribution in [2.75, 3.05) is 5.32 Å². The van der Waals surface area contributed by atoms with Crippen molar-refractivity contribution in [3.8, 4) is 0 Å². The van der Waals surface area contributed by atoms with E-state index in [0.717, 1.165) is 6.54 Å². The molecule has 0 aromatic carbocycles. The minimum Gasteiger partial charge on any atom is -0.336 e. The van der Waals surface area contributed by atoms with E-state index < -0.39 is 0 Å². The number of carbonyl (C=O) groups is 1. The molecule has 0 radical (unpaired) electrons. The van der Waals surface area contributed by atoms with Crippen LogP contribution in [-0.2, 0) is 6.54 Å². The van der Waals surface area contributed by atoms with Gasteiger partial charge in [-0.15, -0.1) is 0 Å². The number of aromatic nitrogens is 2. The van der Waals surface area contributed by atoms with Crippen LogP contribution in [0.5, 0.6) is 0 Å². The maximum atomic E-state index is 11.3. The SMILES string of the molecule is CCn1cc(NC(=O)NC(C)C)cn1. The van der Waals surface area contributed by atoms with Gasteiger partial charge in [-0.2, -0.15) is 5.10 Å². The summed E-state index contributed by atoms with van der Waals surface area (Å²) in [6.07, 6.45) is 3.42. The summed E-state index contributed by atoms with van der Waals surface area (Å²) in [4.78, 5) is 11.3. The van der Waals surface area contributed by atoms with Gasteiger partial charge in [0.15, 0.2) is 0 Å². The molecule has 0 fully saturated rings. The Morgan fingerprint density at radius 2 is 2.36 bits per heavy atom. The molecule has 0 atom stereocenters.